The number of carbonyl (C=O) groups is 1. The highest BCUT2D eigenvalue weighted by Gasteiger charge is 2.31. The molecule has 0 radical (unpaired) electrons. The largest absolute Gasteiger partial charge is 0.388 e. The molecule has 1 amide bonds. The molecule has 0 bridgehead atoms. The summed E-state index contributed by atoms with van der Waals surface area (Å²) < 4.78 is 2.11. The molecule has 1 aliphatic heterocycles. The fourth-order valence-corrected chi connectivity index (χ4v) is 6.66. The average Bonchev–Trinajstić information content (AvgIpc) is 3.58. The van der Waals surface area contributed by atoms with Crippen LogP contribution < -0.4 is 10.2 Å². The van der Waals surface area contributed by atoms with E-state index in [1.165, 1.54) is 5.69 Å². The Morgan fingerprint density at radius 2 is 1.63 bits per heavy atom. The Labute approximate surface area is 246 Å². The lowest BCUT2D eigenvalue weighted by Gasteiger charge is -2.35. The van der Waals surface area contributed by atoms with Gasteiger partial charge in [0.25, 0.3) is 5.91 Å². The van der Waals surface area contributed by atoms with Gasteiger partial charge in [0.05, 0.1) is 16.3 Å². The molecule has 1 saturated heterocycles. The minimum absolute atomic E-state index is 0.176. The van der Waals surface area contributed by atoms with Crippen molar-refractivity contribution < 1.29 is 9.90 Å². The predicted octanol–water partition coefficient (Wildman–Crippen LogP) is 5.74. The van der Waals surface area contributed by atoms with Gasteiger partial charge in [0.15, 0.2) is 0 Å². The van der Waals surface area contributed by atoms with Gasteiger partial charge in [-0.3, -0.25) is 4.79 Å². The van der Waals surface area contributed by atoms with Crippen LogP contribution in [0.25, 0.3) is 33.4 Å². The molecule has 2 aromatic heterocycles. The van der Waals surface area contributed by atoms with Crippen molar-refractivity contribution in [3.05, 3.63) is 71.4 Å². The van der Waals surface area contributed by atoms with E-state index in [0.29, 0.717) is 10.6 Å². The highest BCUT2D eigenvalue weighted by molar-refractivity contribution is 6.37. The molecule has 2 N–H and O–H groups in total. The highest BCUT2D eigenvalue weighted by Crippen LogP contribution is 2.43. The number of hydrogen-bond acceptors (Lipinski definition) is 5. The van der Waals surface area contributed by atoms with Crippen molar-refractivity contribution in [2.75, 3.05) is 44.2 Å². The van der Waals surface area contributed by atoms with Crippen molar-refractivity contribution in [3.63, 3.8) is 0 Å². The molecule has 1 aliphatic carbocycles. The highest BCUT2D eigenvalue weighted by atomic mass is 35.5. The normalized spacial score (nSPS) is 17.3. The van der Waals surface area contributed by atoms with Gasteiger partial charge in [0, 0.05) is 68.2 Å². The number of benzene rings is 2. The second-order valence-electron chi connectivity index (χ2n) is 11.4. The summed E-state index contributed by atoms with van der Waals surface area (Å²) >= 11 is 6.78. The fraction of sp³-hybridized carbons (Fsp3) is 0.394. The maximum atomic E-state index is 12.9. The number of aromatic nitrogens is 2. The second kappa shape index (κ2) is 11.5. The molecular weight excluding hydrogens is 534 g/mol. The number of carbonyl (C=O) groups excluding carboxylic acids is 1. The van der Waals surface area contributed by atoms with Gasteiger partial charge >= 0.3 is 0 Å². The van der Waals surface area contributed by atoms with Crippen LogP contribution in [0.15, 0.2) is 60.8 Å². The molecule has 214 valence electrons. The first-order chi connectivity index (χ1) is 19.9. The zero-order valence-electron chi connectivity index (χ0n) is 23.9. The van der Waals surface area contributed by atoms with Crippen LogP contribution in [-0.4, -0.2) is 70.3 Å². The number of nitrogens with one attached hydrogen (secondary N) is 1. The summed E-state index contributed by atoms with van der Waals surface area (Å²) in [5.41, 5.74) is 5.91. The number of aryl methyl sites for hydroxylation is 1. The summed E-state index contributed by atoms with van der Waals surface area (Å²) in [6.45, 7) is 7.85. The minimum Gasteiger partial charge on any atom is -0.388 e. The van der Waals surface area contributed by atoms with Crippen molar-refractivity contribution in [2.24, 2.45) is 7.05 Å². The van der Waals surface area contributed by atoms with Crippen LogP contribution in [0.5, 0.6) is 0 Å². The van der Waals surface area contributed by atoms with E-state index in [2.05, 4.69) is 55.9 Å². The van der Waals surface area contributed by atoms with Gasteiger partial charge in [-0.05, 0) is 60.8 Å². The summed E-state index contributed by atoms with van der Waals surface area (Å²) in [5.74, 6) is -0.176. The SMILES string of the molecule is CCN1CCN(c2ccc(-c3c(-c4ccc(C(=O)NCC5(O)CCCC5)cc4)c4c(Cl)ccnc4n3C)cc2)CC1. The third-order valence-corrected chi connectivity index (χ3v) is 9.21. The summed E-state index contributed by atoms with van der Waals surface area (Å²) in [6, 6.07) is 18.2. The molecule has 0 unspecified atom stereocenters. The topological polar surface area (TPSA) is 73.6 Å². The number of hydrogen-bond donors (Lipinski definition) is 2. The smallest absolute Gasteiger partial charge is 0.251 e. The molecule has 6 rings (SSSR count). The fourth-order valence-electron chi connectivity index (χ4n) is 6.42. The summed E-state index contributed by atoms with van der Waals surface area (Å²) in [4.78, 5) is 22.5. The third kappa shape index (κ3) is 5.46. The van der Waals surface area contributed by atoms with Crippen LogP contribution in [0.3, 0.4) is 0 Å². The van der Waals surface area contributed by atoms with E-state index in [4.69, 9.17) is 11.6 Å². The van der Waals surface area contributed by atoms with Gasteiger partial charge in [-0.1, -0.05) is 55.6 Å². The second-order valence-corrected chi connectivity index (χ2v) is 11.8. The van der Waals surface area contributed by atoms with Crippen molar-refractivity contribution in [1.29, 1.82) is 0 Å². The monoisotopic (exact) mass is 571 g/mol. The van der Waals surface area contributed by atoms with Crippen molar-refractivity contribution >= 4 is 34.2 Å². The molecule has 0 atom stereocenters. The molecule has 41 heavy (non-hydrogen) atoms. The van der Waals surface area contributed by atoms with Gasteiger partial charge in [-0.25, -0.2) is 4.98 Å². The van der Waals surface area contributed by atoms with Gasteiger partial charge in [-0.2, -0.15) is 0 Å². The minimum atomic E-state index is -0.781. The molecule has 4 aromatic rings. The summed E-state index contributed by atoms with van der Waals surface area (Å²) in [6.07, 6.45) is 5.22. The van der Waals surface area contributed by atoms with Crippen LogP contribution >= 0.6 is 11.6 Å². The van der Waals surface area contributed by atoms with Crippen LogP contribution in [0.2, 0.25) is 5.02 Å². The van der Waals surface area contributed by atoms with E-state index in [9.17, 15) is 9.90 Å². The molecule has 0 spiro atoms. The number of pyridine rings is 1. The van der Waals surface area contributed by atoms with E-state index >= 15 is 0 Å². The number of rotatable bonds is 7. The summed E-state index contributed by atoms with van der Waals surface area (Å²) in [7, 11) is 2.03. The van der Waals surface area contributed by atoms with Gasteiger partial charge in [0.1, 0.15) is 5.65 Å². The van der Waals surface area contributed by atoms with E-state index < -0.39 is 5.60 Å². The van der Waals surface area contributed by atoms with E-state index in [0.717, 1.165) is 91.8 Å². The van der Waals surface area contributed by atoms with Crippen molar-refractivity contribution in [1.82, 2.24) is 19.8 Å². The van der Waals surface area contributed by atoms with Crippen LogP contribution in [0.4, 0.5) is 5.69 Å². The first-order valence-electron chi connectivity index (χ1n) is 14.7. The van der Waals surface area contributed by atoms with Crippen LogP contribution in [0, 0.1) is 0 Å². The zero-order chi connectivity index (χ0) is 28.6. The lowest BCUT2D eigenvalue weighted by atomic mass is 9.97. The molecule has 8 heteroatoms. The number of piperazine rings is 1. The Morgan fingerprint density at radius 3 is 2.29 bits per heavy atom. The number of aliphatic hydroxyl groups is 1. The lowest BCUT2D eigenvalue weighted by Crippen LogP contribution is -2.46. The van der Waals surface area contributed by atoms with Gasteiger partial charge in [0.2, 0.25) is 0 Å². The standard InChI is InChI=1S/C33H38ClN5O2/c1-3-38-18-20-39(21-19-38)26-12-10-24(11-13-26)30-28(29-27(34)14-17-35-31(29)37(30)2)23-6-8-25(9-7-23)32(40)36-22-33(41)15-4-5-16-33/h6-14,17,41H,3-5,15-16,18-22H2,1-2H3,(H,36,40). The Kier molecular flexibility index (Phi) is 7.77. The van der Waals surface area contributed by atoms with Gasteiger partial charge < -0.3 is 24.8 Å². The van der Waals surface area contributed by atoms with Crippen LogP contribution in [-0.2, 0) is 7.05 Å². The molecular formula is C33H38ClN5O2. The van der Waals surface area contributed by atoms with Crippen molar-refractivity contribution in [3.8, 4) is 22.4 Å². The Morgan fingerprint density at radius 1 is 0.976 bits per heavy atom. The zero-order valence-corrected chi connectivity index (χ0v) is 24.6. The van der Waals surface area contributed by atoms with E-state index in [1.54, 1.807) is 6.20 Å². The Hall–Kier alpha value is -3.39. The van der Waals surface area contributed by atoms with Crippen LogP contribution in [0.1, 0.15) is 43.0 Å². The van der Waals surface area contributed by atoms with E-state index in [1.807, 2.05) is 37.4 Å². The number of halogens is 1. The molecule has 7 nitrogen and oxygen atoms in total. The average molecular weight is 572 g/mol. The molecule has 2 fully saturated rings. The maximum absolute atomic E-state index is 12.9. The molecule has 3 heterocycles. The Balaban J connectivity index is 1.31. The molecule has 1 saturated carbocycles. The number of amides is 1. The quantitative estimate of drug-likeness (QED) is 0.296. The Bertz CT molecular complexity index is 1530. The first-order valence-corrected chi connectivity index (χ1v) is 15.1. The van der Waals surface area contributed by atoms with E-state index in [-0.39, 0.29) is 12.5 Å². The number of nitrogens with zero attached hydrogens (tertiary/aromatic N) is 4. The third-order valence-electron chi connectivity index (χ3n) is 8.89. The molecule has 2 aromatic carbocycles. The number of fused-ring (bicyclic) bond motifs is 1. The molecule has 2 aliphatic rings. The van der Waals surface area contributed by atoms with Crippen molar-refractivity contribution in [2.45, 2.75) is 38.2 Å². The van der Waals surface area contributed by atoms with Gasteiger partial charge in [-0.15, -0.1) is 0 Å². The lowest BCUT2D eigenvalue weighted by molar-refractivity contribution is 0.0449. The maximum Gasteiger partial charge on any atom is 0.251 e. The summed E-state index contributed by atoms with van der Waals surface area (Å²) in [5, 5.41) is 15.1. The first kappa shape index (κ1) is 27.8. The number of anilines is 1. The number of likely N-dealkylation sites (N-methyl/N-ethyl adjacent to an activating group) is 1. The predicted molar refractivity (Wildman–Crippen MR) is 167 cm³/mol.